The predicted molar refractivity (Wildman–Crippen MR) is 92.6 cm³/mol. The Labute approximate surface area is 137 Å². The summed E-state index contributed by atoms with van der Waals surface area (Å²) in [6, 6.07) is 10.6. The number of H-pyrrole nitrogens is 1. The topological polar surface area (TPSA) is 39.8 Å². The van der Waals surface area contributed by atoms with Gasteiger partial charge in [0.15, 0.2) is 5.11 Å². The summed E-state index contributed by atoms with van der Waals surface area (Å²) >= 11 is 5.20. The van der Waals surface area contributed by atoms with E-state index in [9.17, 15) is 8.78 Å². The van der Waals surface area contributed by atoms with Gasteiger partial charge in [-0.1, -0.05) is 0 Å². The molecule has 2 aromatic carbocycles. The number of aromatic nitrogens is 1. The monoisotopic (exact) mass is 331 g/mol. The maximum Gasteiger partial charge on any atom is 0.170 e. The molecule has 0 radical (unpaired) electrons. The van der Waals surface area contributed by atoms with Crippen molar-refractivity contribution in [3.05, 3.63) is 65.9 Å². The molecule has 0 unspecified atom stereocenters. The van der Waals surface area contributed by atoms with Crippen LogP contribution in [0.25, 0.3) is 10.9 Å². The van der Waals surface area contributed by atoms with E-state index in [0.717, 1.165) is 22.2 Å². The normalized spacial score (nSPS) is 10.7. The van der Waals surface area contributed by atoms with Crippen molar-refractivity contribution in [3.8, 4) is 0 Å². The first-order chi connectivity index (χ1) is 11.1. The zero-order chi connectivity index (χ0) is 16.2. The van der Waals surface area contributed by atoms with Crippen LogP contribution in [-0.4, -0.2) is 16.6 Å². The molecular weight excluding hydrogens is 316 g/mol. The Morgan fingerprint density at radius 2 is 1.78 bits per heavy atom. The van der Waals surface area contributed by atoms with E-state index in [1.807, 2.05) is 6.20 Å². The number of hydrogen-bond donors (Lipinski definition) is 3. The molecule has 6 heteroatoms. The van der Waals surface area contributed by atoms with Crippen molar-refractivity contribution in [3.63, 3.8) is 0 Å². The number of rotatable bonds is 4. The molecule has 1 aromatic heterocycles. The van der Waals surface area contributed by atoms with Crippen LogP contribution in [-0.2, 0) is 6.42 Å². The minimum atomic E-state index is -0.291. The molecule has 3 N–H and O–H groups in total. The van der Waals surface area contributed by atoms with Crippen molar-refractivity contribution >= 4 is 33.9 Å². The average molecular weight is 331 g/mol. The zero-order valence-corrected chi connectivity index (χ0v) is 13.0. The molecule has 0 aliphatic heterocycles. The van der Waals surface area contributed by atoms with Gasteiger partial charge in [0.25, 0.3) is 0 Å². The lowest BCUT2D eigenvalue weighted by Gasteiger charge is -2.10. The van der Waals surface area contributed by atoms with Gasteiger partial charge in [-0.15, -0.1) is 0 Å². The zero-order valence-electron chi connectivity index (χ0n) is 12.2. The van der Waals surface area contributed by atoms with Crippen molar-refractivity contribution in [2.45, 2.75) is 6.42 Å². The van der Waals surface area contributed by atoms with Gasteiger partial charge in [-0.25, -0.2) is 8.78 Å². The van der Waals surface area contributed by atoms with E-state index in [-0.39, 0.29) is 11.6 Å². The van der Waals surface area contributed by atoms with Crippen molar-refractivity contribution in [2.24, 2.45) is 0 Å². The number of fused-ring (bicyclic) bond motifs is 1. The second kappa shape index (κ2) is 6.75. The van der Waals surface area contributed by atoms with E-state index in [1.165, 1.54) is 24.3 Å². The molecule has 0 spiro atoms. The largest absolute Gasteiger partial charge is 0.362 e. The van der Waals surface area contributed by atoms with Gasteiger partial charge in [0, 0.05) is 29.3 Å². The Kier molecular flexibility index (Phi) is 4.52. The molecule has 0 saturated heterocycles. The summed E-state index contributed by atoms with van der Waals surface area (Å²) in [5.41, 5.74) is 2.66. The van der Waals surface area contributed by atoms with Crippen LogP contribution in [0.2, 0.25) is 0 Å². The van der Waals surface area contributed by atoms with Gasteiger partial charge in [-0.3, -0.25) is 0 Å². The van der Waals surface area contributed by atoms with Gasteiger partial charge in [0.1, 0.15) is 11.6 Å². The molecule has 0 saturated carbocycles. The van der Waals surface area contributed by atoms with Crippen LogP contribution >= 0.6 is 12.2 Å². The van der Waals surface area contributed by atoms with Gasteiger partial charge in [-0.2, -0.15) is 0 Å². The molecule has 23 heavy (non-hydrogen) atoms. The predicted octanol–water partition coefficient (Wildman–Crippen LogP) is 3.98. The van der Waals surface area contributed by atoms with E-state index < -0.39 is 0 Å². The molecule has 3 nitrogen and oxygen atoms in total. The minimum Gasteiger partial charge on any atom is -0.362 e. The molecule has 0 fully saturated rings. The molecule has 3 aromatic rings. The van der Waals surface area contributed by atoms with E-state index in [4.69, 9.17) is 12.2 Å². The third kappa shape index (κ3) is 3.84. The van der Waals surface area contributed by atoms with Crippen LogP contribution in [0.3, 0.4) is 0 Å². The second-order valence-corrected chi connectivity index (χ2v) is 5.55. The Morgan fingerprint density at radius 1 is 1.04 bits per heavy atom. The van der Waals surface area contributed by atoms with E-state index in [0.29, 0.717) is 18.1 Å². The molecule has 0 atom stereocenters. The number of nitrogens with one attached hydrogen (secondary N) is 3. The Hall–Kier alpha value is -2.47. The summed E-state index contributed by atoms with van der Waals surface area (Å²) in [6.45, 7) is 0.608. The summed E-state index contributed by atoms with van der Waals surface area (Å²) in [5.74, 6) is -0.541. The van der Waals surface area contributed by atoms with Crippen LogP contribution in [0.4, 0.5) is 14.5 Å². The molecule has 0 amide bonds. The van der Waals surface area contributed by atoms with Crippen molar-refractivity contribution in [1.29, 1.82) is 0 Å². The molecule has 3 rings (SSSR count). The van der Waals surface area contributed by atoms with Crippen LogP contribution in [0, 0.1) is 11.6 Å². The fourth-order valence-electron chi connectivity index (χ4n) is 2.38. The van der Waals surface area contributed by atoms with Gasteiger partial charge in [-0.05, 0) is 66.7 Å². The van der Waals surface area contributed by atoms with Crippen molar-refractivity contribution in [2.75, 3.05) is 11.9 Å². The molecule has 0 bridgehead atoms. The lowest BCUT2D eigenvalue weighted by atomic mass is 10.1. The maximum atomic E-state index is 13.3. The van der Waals surface area contributed by atoms with Crippen molar-refractivity contribution in [1.82, 2.24) is 10.3 Å². The Bertz CT molecular complexity index is 827. The van der Waals surface area contributed by atoms with Crippen LogP contribution < -0.4 is 10.6 Å². The van der Waals surface area contributed by atoms with E-state index >= 15 is 0 Å². The van der Waals surface area contributed by atoms with E-state index in [1.54, 1.807) is 18.2 Å². The SMILES string of the molecule is Fc1ccc(NC(=S)NCCc2c[nH]c3ccc(F)cc23)cc1. The number of anilines is 1. The first-order valence-electron chi connectivity index (χ1n) is 7.18. The summed E-state index contributed by atoms with van der Waals surface area (Å²) in [5, 5.41) is 7.40. The highest BCUT2D eigenvalue weighted by atomic mass is 32.1. The molecule has 0 aliphatic rings. The highest BCUT2D eigenvalue weighted by Crippen LogP contribution is 2.19. The first-order valence-corrected chi connectivity index (χ1v) is 7.58. The third-order valence-electron chi connectivity index (χ3n) is 3.51. The molecular formula is C17H15F2N3S. The fourth-order valence-corrected chi connectivity index (χ4v) is 2.60. The number of thiocarbonyl (C=S) groups is 1. The summed E-state index contributed by atoms with van der Waals surface area (Å²) in [4.78, 5) is 3.12. The second-order valence-electron chi connectivity index (χ2n) is 5.14. The van der Waals surface area contributed by atoms with Crippen LogP contribution in [0.1, 0.15) is 5.56 Å². The quantitative estimate of drug-likeness (QED) is 0.634. The highest BCUT2D eigenvalue weighted by molar-refractivity contribution is 7.80. The Morgan fingerprint density at radius 3 is 2.57 bits per heavy atom. The molecule has 0 aliphatic carbocycles. The van der Waals surface area contributed by atoms with Gasteiger partial charge in [0.2, 0.25) is 0 Å². The maximum absolute atomic E-state index is 13.3. The van der Waals surface area contributed by atoms with Crippen LogP contribution in [0.5, 0.6) is 0 Å². The fraction of sp³-hybridized carbons (Fsp3) is 0.118. The minimum absolute atomic E-state index is 0.250. The first kappa shape index (κ1) is 15.4. The van der Waals surface area contributed by atoms with Gasteiger partial charge < -0.3 is 15.6 Å². The smallest absolute Gasteiger partial charge is 0.170 e. The molecule has 118 valence electrons. The van der Waals surface area contributed by atoms with Gasteiger partial charge in [0.05, 0.1) is 0 Å². The Balaban J connectivity index is 1.55. The molecule has 1 heterocycles. The number of hydrogen-bond acceptors (Lipinski definition) is 1. The third-order valence-corrected chi connectivity index (χ3v) is 3.76. The van der Waals surface area contributed by atoms with Crippen molar-refractivity contribution < 1.29 is 8.78 Å². The number of halogens is 2. The summed E-state index contributed by atoms with van der Waals surface area (Å²) in [6.07, 6.45) is 2.58. The highest BCUT2D eigenvalue weighted by Gasteiger charge is 2.05. The number of aromatic amines is 1. The summed E-state index contributed by atoms with van der Waals surface area (Å²) in [7, 11) is 0. The number of benzene rings is 2. The average Bonchev–Trinajstić information content (AvgIpc) is 2.92. The lowest BCUT2D eigenvalue weighted by Crippen LogP contribution is -2.30. The van der Waals surface area contributed by atoms with Crippen LogP contribution in [0.15, 0.2) is 48.7 Å². The lowest BCUT2D eigenvalue weighted by molar-refractivity contribution is 0.628. The van der Waals surface area contributed by atoms with Gasteiger partial charge >= 0.3 is 0 Å². The standard InChI is InChI=1S/C17H15F2N3S/c18-12-1-4-14(5-2-12)22-17(23)20-8-7-11-10-21-16-6-3-13(19)9-15(11)16/h1-6,9-10,21H,7-8H2,(H2,20,22,23). The summed E-state index contributed by atoms with van der Waals surface area (Å²) < 4.78 is 26.2. The van der Waals surface area contributed by atoms with E-state index in [2.05, 4.69) is 15.6 Å².